The van der Waals surface area contributed by atoms with E-state index in [1.807, 2.05) is 6.07 Å². The average molecular weight is 277 g/mol. The number of likely N-dealkylation sites (tertiary alicyclic amines) is 1. The van der Waals surface area contributed by atoms with Crippen LogP contribution in [0.4, 0.5) is 11.6 Å². The summed E-state index contributed by atoms with van der Waals surface area (Å²) < 4.78 is 0. The Bertz CT molecular complexity index is 396. The number of rotatable bonds is 7. The van der Waals surface area contributed by atoms with Crippen molar-refractivity contribution in [2.24, 2.45) is 0 Å². The normalized spacial score (nSPS) is 19.8. The van der Waals surface area contributed by atoms with Crippen LogP contribution < -0.4 is 10.6 Å². The smallest absolute Gasteiger partial charge is 0.131 e. The fraction of sp³-hybridized carbons (Fsp3) is 0.733. The molecule has 1 aliphatic rings. The van der Waals surface area contributed by atoms with Crippen molar-refractivity contribution in [1.82, 2.24) is 14.9 Å². The van der Waals surface area contributed by atoms with E-state index in [1.54, 1.807) is 6.33 Å². The van der Waals surface area contributed by atoms with E-state index in [0.29, 0.717) is 0 Å². The number of aromatic nitrogens is 2. The van der Waals surface area contributed by atoms with Crippen molar-refractivity contribution >= 4 is 11.6 Å². The van der Waals surface area contributed by atoms with Crippen LogP contribution in [0.3, 0.4) is 0 Å². The van der Waals surface area contributed by atoms with Crippen molar-refractivity contribution in [2.75, 3.05) is 36.8 Å². The summed E-state index contributed by atoms with van der Waals surface area (Å²) in [5.41, 5.74) is 0. The highest BCUT2D eigenvalue weighted by atomic mass is 15.2. The van der Waals surface area contributed by atoms with Crippen LogP contribution in [0, 0.1) is 0 Å². The lowest BCUT2D eigenvalue weighted by Gasteiger charge is -2.33. The van der Waals surface area contributed by atoms with E-state index in [9.17, 15) is 0 Å². The summed E-state index contributed by atoms with van der Waals surface area (Å²) in [6.45, 7) is 8.70. The number of piperidine rings is 1. The second-order valence-electron chi connectivity index (χ2n) is 5.48. The SMILES string of the molecule is CCNc1cc(NCCCN2CCCCC2C)ncn1. The van der Waals surface area contributed by atoms with Crippen LogP contribution in [-0.2, 0) is 0 Å². The first kappa shape index (κ1) is 15.0. The predicted octanol–water partition coefficient (Wildman–Crippen LogP) is 2.58. The Hall–Kier alpha value is -1.36. The molecule has 0 aliphatic carbocycles. The van der Waals surface area contributed by atoms with Gasteiger partial charge < -0.3 is 15.5 Å². The molecule has 5 heteroatoms. The average Bonchev–Trinajstić information content (AvgIpc) is 2.46. The van der Waals surface area contributed by atoms with Crippen LogP contribution in [0.5, 0.6) is 0 Å². The van der Waals surface area contributed by atoms with Gasteiger partial charge in [-0.2, -0.15) is 0 Å². The van der Waals surface area contributed by atoms with Crippen LogP contribution >= 0.6 is 0 Å². The molecule has 2 N–H and O–H groups in total. The van der Waals surface area contributed by atoms with Gasteiger partial charge in [0.05, 0.1) is 0 Å². The Morgan fingerprint density at radius 1 is 1.25 bits per heavy atom. The van der Waals surface area contributed by atoms with Crippen molar-refractivity contribution in [2.45, 2.75) is 45.6 Å². The Labute approximate surface area is 122 Å². The number of hydrogen-bond acceptors (Lipinski definition) is 5. The van der Waals surface area contributed by atoms with Crippen LogP contribution in [0.25, 0.3) is 0 Å². The molecule has 0 radical (unpaired) electrons. The molecule has 20 heavy (non-hydrogen) atoms. The second kappa shape index (κ2) is 8.04. The number of hydrogen-bond donors (Lipinski definition) is 2. The van der Waals surface area contributed by atoms with Gasteiger partial charge in [-0.15, -0.1) is 0 Å². The Balaban J connectivity index is 1.68. The molecule has 1 aromatic heterocycles. The molecule has 0 spiro atoms. The molecule has 1 unspecified atom stereocenters. The van der Waals surface area contributed by atoms with Crippen molar-refractivity contribution in [1.29, 1.82) is 0 Å². The monoisotopic (exact) mass is 277 g/mol. The van der Waals surface area contributed by atoms with Crippen molar-refractivity contribution in [3.8, 4) is 0 Å². The third-order valence-corrected chi connectivity index (χ3v) is 3.89. The molecule has 1 saturated heterocycles. The van der Waals surface area contributed by atoms with Gasteiger partial charge in [-0.1, -0.05) is 6.42 Å². The highest BCUT2D eigenvalue weighted by Gasteiger charge is 2.16. The third-order valence-electron chi connectivity index (χ3n) is 3.89. The van der Waals surface area contributed by atoms with Crippen LogP contribution in [0.15, 0.2) is 12.4 Å². The summed E-state index contributed by atoms with van der Waals surface area (Å²) in [5.74, 6) is 1.79. The largest absolute Gasteiger partial charge is 0.370 e. The van der Waals surface area contributed by atoms with Crippen LogP contribution in [0.2, 0.25) is 0 Å². The van der Waals surface area contributed by atoms with Gasteiger partial charge in [-0.3, -0.25) is 0 Å². The molecule has 0 aromatic carbocycles. The first-order chi connectivity index (χ1) is 9.79. The maximum atomic E-state index is 4.25. The van der Waals surface area contributed by atoms with Gasteiger partial charge in [0, 0.05) is 31.7 Å². The molecule has 1 aromatic rings. The maximum absolute atomic E-state index is 4.25. The minimum atomic E-state index is 0.753. The molecule has 2 heterocycles. The van der Waals surface area contributed by atoms with E-state index in [4.69, 9.17) is 0 Å². The lowest BCUT2D eigenvalue weighted by molar-refractivity contribution is 0.160. The number of nitrogens with zero attached hydrogens (tertiary/aromatic N) is 3. The molecule has 0 bridgehead atoms. The van der Waals surface area contributed by atoms with Gasteiger partial charge in [-0.25, -0.2) is 9.97 Å². The standard InChI is InChI=1S/C15H27N5/c1-3-16-14-11-15(19-12-18-14)17-8-6-10-20-9-5-4-7-13(20)2/h11-13H,3-10H2,1-2H3,(H2,16,17,18,19). The zero-order valence-electron chi connectivity index (χ0n) is 12.7. The van der Waals surface area contributed by atoms with Gasteiger partial charge in [0.2, 0.25) is 0 Å². The summed E-state index contributed by atoms with van der Waals surface area (Å²) in [4.78, 5) is 11.0. The first-order valence-corrected chi connectivity index (χ1v) is 7.83. The van der Waals surface area contributed by atoms with E-state index < -0.39 is 0 Å². The third kappa shape index (κ3) is 4.63. The molecular weight excluding hydrogens is 250 g/mol. The van der Waals surface area contributed by atoms with Gasteiger partial charge in [0.25, 0.3) is 0 Å². The quantitative estimate of drug-likeness (QED) is 0.750. The lowest BCUT2D eigenvalue weighted by Crippen LogP contribution is -2.38. The summed E-state index contributed by atoms with van der Waals surface area (Å²) in [5, 5.41) is 6.58. The highest BCUT2D eigenvalue weighted by Crippen LogP contribution is 2.16. The topological polar surface area (TPSA) is 53.1 Å². The maximum Gasteiger partial charge on any atom is 0.131 e. The van der Waals surface area contributed by atoms with E-state index in [1.165, 1.54) is 32.4 Å². The Kier molecular flexibility index (Phi) is 6.05. The number of nitrogens with one attached hydrogen (secondary N) is 2. The van der Waals surface area contributed by atoms with Crippen molar-refractivity contribution < 1.29 is 0 Å². The van der Waals surface area contributed by atoms with E-state index in [2.05, 4.69) is 39.3 Å². The van der Waals surface area contributed by atoms with E-state index >= 15 is 0 Å². The zero-order chi connectivity index (χ0) is 14.2. The minimum absolute atomic E-state index is 0.753. The molecule has 112 valence electrons. The fourth-order valence-corrected chi connectivity index (χ4v) is 2.72. The minimum Gasteiger partial charge on any atom is -0.370 e. The molecule has 0 amide bonds. The van der Waals surface area contributed by atoms with Crippen molar-refractivity contribution in [3.05, 3.63) is 12.4 Å². The summed E-state index contributed by atoms with van der Waals surface area (Å²) >= 11 is 0. The summed E-state index contributed by atoms with van der Waals surface area (Å²) in [7, 11) is 0. The molecule has 1 aliphatic heterocycles. The highest BCUT2D eigenvalue weighted by molar-refractivity contribution is 5.46. The van der Waals surface area contributed by atoms with Gasteiger partial charge in [-0.05, 0) is 39.7 Å². The van der Waals surface area contributed by atoms with Gasteiger partial charge >= 0.3 is 0 Å². The van der Waals surface area contributed by atoms with Gasteiger partial charge in [0.1, 0.15) is 18.0 Å². The van der Waals surface area contributed by atoms with Crippen LogP contribution in [-0.4, -0.2) is 47.1 Å². The zero-order valence-corrected chi connectivity index (χ0v) is 12.7. The lowest BCUT2D eigenvalue weighted by atomic mass is 10.0. The van der Waals surface area contributed by atoms with E-state index in [0.717, 1.165) is 37.2 Å². The second-order valence-corrected chi connectivity index (χ2v) is 5.48. The molecule has 1 atom stereocenters. The molecule has 0 saturated carbocycles. The van der Waals surface area contributed by atoms with Crippen LogP contribution in [0.1, 0.15) is 39.5 Å². The van der Waals surface area contributed by atoms with E-state index in [-0.39, 0.29) is 0 Å². The fourth-order valence-electron chi connectivity index (χ4n) is 2.72. The number of anilines is 2. The summed E-state index contributed by atoms with van der Waals surface area (Å²) in [6.07, 6.45) is 6.86. The Morgan fingerprint density at radius 2 is 2.05 bits per heavy atom. The Morgan fingerprint density at radius 3 is 2.80 bits per heavy atom. The molecule has 5 nitrogen and oxygen atoms in total. The molecular formula is C15H27N5. The van der Waals surface area contributed by atoms with Crippen molar-refractivity contribution in [3.63, 3.8) is 0 Å². The first-order valence-electron chi connectivity index (χ1n) is 7.83. The molecule has 1 fully saturated rings. The van der Waals surface area contributed by atoms with Gasteiger partial charge in [0.15, 0.2) is 0 Å². The predicted molar refractivity (Wildman–Crippen MR) is 84.2 cm³/mol. The summed E-state index contributed by atoms with van der Waals surface area (Å²) in [6, 6.07) is 2.72. The molecule has 2 rings (SSSR count).